The Morgan fingerprint density at radius 3 is 2.23 bits per heavy atom. The second-order valence-corrected chi connectivity index (χ2v) is 7.90. The van der Waals surface area contributed by atoms with Gasteiger partial charge in [0.2, 0.25) is 0 Å². The number of hydrogen-bond donors (Lipinski definition) is 2. The van der Waals surface area contributed by atoms with E-state index >= 15 is 0 Å². The summed E-state index contributed by atoms with van der Waals surface area (Å²) in [5.74, 6) is -0.562. The smallest absolute Gasteiger partial charge is 0.255 e. The Kier molecular flexibility index (Phi) is 7.32. The standard InChI is InChI=1S/C25H26ClN3O2/c1-4-6-17-9-11-18(12-10-17)24(30)28-23-15-19(13-14-22(23)26)25(31)27-20-7-5-8-21(16-20)29(2)3/h5,7-16H,4,6H2,1-3H3,(H,27,31)(H,28,30). The third kappa shape index (κ3) is 5.86. The third-order valence-corrected chi connectivity index (χ3v) is 5.18. The lowest BCUT2D eigenvalue weighted by Crippen LogP contribution is -2.15. The normalized spacial score (nSPS) is 10.5. The molecule has 0 fully saturated rings. The highest BCUT2D eigenvalue weighted by atomic mass is 35.5. The number of anilines is 3. The second-order valence-electron chi connectivity index (χ2n) is 7.49. The van der Waals surface area contributed by atoms with Gasteiger partial charge in [-0.15, -0.1) is 0 Å². The van der Waals surface area contributed by atoms with Crippen molar-refractivity contribution in [2.45, 2.75) is 19.8 Å². The second kappa shape index (κ2) is 10.1. The Morgan fingerprint density at radius 1 is 0.871 bits per heavy atom. The van der Waals surface area contributed by atoms with Crippen molar-refractivity contribution in [1.82, 2.24) is 0 Å². The molecule has 0 spiro atoms. The minimum Gasteiger partial charge on any atom is -0.378 e. The van der Waals surface area contributed by atoms with Crippen molar-refractivity contribution in [2.75, 3.05) is 29.6 Å². The van der Waals surface area contributed by atoms with Gasteiger partial charge in [0.25, 0.3) is 11.8 Å². The van der Waals surface area contributed by atoms with E-state index in [1.54, 1.807) is 30.3 Å². The van der Waals surface area contributed by atoms with E-state index in [0.29, 0.717) is 27.5 Å². The predicted molar refractivity (Wildman–Crippen MR) is 129 cm³/mol. The first kappa shape index (κ1) is 22.4. The molecule has 0 atom stereocenters. The lowest BCUT2D eigenvalue weighted by molar-refractivity contribution is 0.101. The third-order valence-electron chi connectivity index (χ3n) is 4.85. The molecule has 0 aliphatic carbocycles. The van der Waals surface area contributed by atoms with Gasteiger partial charge in [-0.25, -0.2) is 0 Å². The SMILES string of the molecule is CCCc1ccc(C(=O)Nc2cc(C(=O)Nc3cccc(N(C)C)c3)ccc2Cl)cc1. The zero-order chi connectivity index (χ0) is 22.4. The number of aryl methyl sites for hydroxylation is 1. The predicted octanol–water partition coefficient (Wildman–Crippen LogP) is 5.86. The van der Waals surface area contributed by atoms with Gasteiger partial charge in [-0.3, -0.25) is 9.59 Å². The van der Waals surface area contributed by atoms with E-state index in [1.807, 2.05) is 55.4 Å². The zero-order valence-corrected chi connectivity index (χ0v) is 18.7. The van der Waals surface area contributed by atoms with E-state index in [9.17, 15) is 9.59 Å². The molecular formula is C25H26ClN3O2. The number of halogens is 1. The van der Waals surface area contributed by atoms with Crippen LogP contribution >= 0.6 is 11.6 Å². The molecule has 160 valence electrons. The highest BCUT2D eigenvalue weighted by Crippen LogP contribution is 2.25. The molecule has 0 aliphatic rings. The molecule has 0 aromatic heterocycles. The van der Waals surface area contributed by atoms with Gasteiger partial charge in [0, 0.05) is 36.6 Å². The van der Waals surface area contributed by atoms with Gasteiger partial charge in [0.05, 0.1) is 10.7 Å². The molecule has 3 aromatic rings. The van der Waals surface area contributed by atoms with Gasteiger partial charge in [0.1, 0.15) is 0 Å². The molecular weight excluding hydrogens is 410 g/mol. The highest BCUT2D eigenvalue weighted by molar-refractivity contribution is 6.34. The molecule has 2 N–H and O–H groups in total. The van der Waals surface area contributed by atoms with Gasteiger partial charge in [-0.2, -0.15) is 0 Å². The van der Waals surface area contributed by atoms with Crippen LogP contribution in [0.1, 0.15) is 39.6 Å². The van der Waals surface area contributed by atoms with E-state index in [1.165, 1.54) is 5.56 Å². The van der Waals surface area contributed by atoms with Crippen LogP contribution in [-0.4, -0.2) is 25.9 Å². The van der Waals surface area contributed by atoms with Gasteiger partial charge in [-0.05, 0) is 60.5 Å². The Balaban J connectivity index is 1.74. The number of hydrogen-bond acceptors (Lipinski definition) is 3. The number of carbonyl (C=O) groups excluding carboxylic acids is 2. The molecule has 0 bridgehead atoms. The Bertz CT molecular complexity index is 1080. The molecule has 0 unspecified atom stereocenters. The van der Waals surface area contributed by atoms with Crippen molar-refractivity contribution < 1.29 is 9.59 Å². The largest absolute Gasteiger partial charge is 0.378 e. The maximum atomic E-state index is 12.7. The summed E-state index contributed by atoms with van der Waals surface area (Å²) in [6, 6.07) is 19.9. The number of rotatable bonds is 7. The minimum absolute atomic E-state index is 0.277. The first-order valence-corrected chi connectivity index (χ1v) is 10.5. The average Bonchev–Trinajstić information content (AvgIpc) is 2.76. The van der Waals surface area contributed by atoms with Crippen molar-refractivity contribution in [1.29, 1.82) is 0 Å². The number of carbonyl (C=O) groups is 2. The van der Waals surface area contributed by atoms with Crippen molar-refractivity contribution in [3.63, 3.8) is 0 Å². The van der Waals surface area contributed by atoms with Crippen LogP contribution in [0.3, 0.4) is 0 Å². The summed E-state index contributed by atoms with van der Waals surface area (Å²) in [7, 11) is 3.87. The van der Waals surface area contributed by atoms with Crippen molar-refractivity contribution >= 4 is 40.5 Å². The van der Waals surface area contributed by atoms with E-state index < -0.39 is 0 Å². The molecule has 0 saturated carbocycles. The highest BCUT2D eigenvalue weighted by Gasteiger charge is 2.13. The van der Waals surface area contributed by atoms with Crippen LogP contribution in [0.4, 0.5) is 17.1 Å². The summed E-state index contributed by atoms with van der Waals surface area (Å²) in [5.41, 5.74) is 4.17. The van der Waals surface area contributed by atoms with E-state index in [2.05, 4.69) is 17.6 Å². The van der Waals surface area contributed by atoms with Crippen LogP contribution in [0.25, 0.3) is 0 Å². The van der Waals surface area contributed by atoms with Gasteiger partial charge in [-0.1, -0.05) is 43.1 Å². The molecule has 0 saturated heterocycles. The molecule has 5 nitrogen and oxygen atoms in total. The summed E-state index contributed by atoms with van der Waals surface area (Å²) in [5, 5.41) is 6.05. The summed E-state index contributed by atoms with van der Waals surface area (Å²) in [4.78, 5) is 27.3. The fourth-order valence-corrected chi connectivity index (χ4v) is 3.30. The van der Waals surface area contributed by atoms with Gasteiger partial charge >= 0.3 is 0 Å². The summed E-state index contributed by atoms with van der Waals surface area (Å²) >= 11 is 6.26. The maximum Gasteiger partial charge on any atom is 0.255 e. The van der Waals surface area contributed by atoms with Crippen molar-refractivity contribution in [2.24, 2.45) is 0 Å². The maximum absolute atomic E-state index is 12.7. The Morgan fingerprint density at radius 2 is 1.55 bits per heavy atom. The van der Waals surface area contributed by atoms with Crippen molar-refractivity contribution in [3.05, 3.63) is 88.4 Å². The van der Waals surface area contributed by atoms with Gasteiger partial charge in [0.15, 0.2) is 0 Å². The van der Waals surface area contributed by atoms with E-state index in [0.717, 1.165) is 18.5 Å². The van der Waals surface area contributed by atoms with E-state index in [-0.39, 0.29) is 11.8 Å². The van der Waals surface area contributed by atoms with Crippen molar-refractivity contribution in [3.8, 4) is 0 Å². The molecule has 2 amide bonds. The van der Waals surface area contributed by atoms with Gasteiger partial charge < -0.3 is 15.5 Å². The average molecular weight is 436 g/mol. The first-order chi connectivity index (χ1) is 14.9. The molecule has 0 aliphatic heterocycles. The quantitative estimate of drug-likeness (QED) is 0.488. The number of nitrogens with zero attached hydrogens (tertiary/aromatic N) is 1. The summed E-state index contributed by atoms with van der Waals surface area (Å²) < 4.78 is 0. The number of benzene rings is 3. The molecule has 6 heteroatoms. The number of amides is 2. The number of nitrogens with one attached hydrogen (secondary N) is 2. The molecule has 3 rings (SSSR count). The lowest BCUT2D eigenvalue weighted by atomic mass is 10.1. The van der Waals surface area contributed by atoms with Crippen LogP contribution in [-0.2, 0) is 6.42 Å². The molecule has 0 radical (unpaired) electrons. The van der Waals surface area contributed by atoms with Crippen LogP contribution in [0.2, 0.25) is 5.02 Å². The van der Waals surface area contributed by atoms with Crippen LogP contribution in [0.15, 0.2) is 66.7 Å². The topological polar surface area (TPSA) is 61.4 Å². The van der Waals surface area contributed by atoms with Crippen LogP contribution in [0, 0.1) is 0 Å². The Hall–Kier alpha value is -3.31. The lowest BCUT2D eigenvalue weighted by Gasteiger charge is -2.14. The fraction of sp³-hybridized carbons (Fsp3) is 0.200. The summed E-state index contributed by atoms with van der Waals surface area (Å²) in [6.45, 7) is 2.12. The fourth-order valence-electron chi connectivity index (χ4n) is 3.13. The van der Waals surface area contributed by atoms with Crippen LogP contribution < -0.4 is 15.5 Å². The molecule has 3 aromatic carbocycles. The minimum atomic E-state index is -0.285. The summed E-state index contributed by atoms with van der Waals surface area (Å²) in [6.07, 6.45) is 2.03. The molecule has 31 heavy (non-hydrogen) atoms. The van der Waals surface area contributed by atoms with Crippen LogP contribution in [0.5, 0.6) is 0 Å². The molecule has 0 heterocycles. The van der Waals surface area contributed by atoms with E-state index in [4.69, 9.17) is 11.6 Å². The monoisotopic (exact) mass is 435 g/mol. The first-order valence-electron chi connectivity index (χ1n) is 10.2. The zero-order valence-electron chi connectivity index (χ0n) is 17.9. The Labute approximate surface area is 188 Å².